The summed E-state index contributed by atoms with van der Waals surface area (Å²) in [6.45, 7) is 2.31. The first kappa shape index (κ1) is 16.3. The maximum atomic E-state index is 6.18. The number of ether oxygens (including phenoxy) is 1. The van der Waals surface area contributed by atoms with Crippen molar-refractivity contribution in [2.45, 2.75) is 26.2 Å². The number of thiophene rings is 1. The lowest BCUT2D eigenvalue weighted by Gasteiger charge is -2.18. The maximum absolute atomic E-state index is 6.18. The fourth-order valence-corrected chi connectivity index (χ4v) is 4.90. The van der Waals surface area contributed by atoms with Crippen LogP contribution in [0.5, 0.6) is 11.6 Å². The maximum Gasteiger partial charge on any atom is 0.232 e. The van der Waals surface area contributed by atoms with Gasteiger partial charge in [-0.05, 0) is 55.0 Å². The molecule has 0 aromatic carbocycles. The first-order chi connectivity index (χ1) is 13.3. The molecule has 0 radical (unpaired) electrons. The predicted molar refractivity (Wildman–Crippen MR) is 106 cm³/mol. The van der Waals surface area contributed by atoms with Crippen LogP contribution in [0, 0.1) is 5.92 Å². The Kier molecular flexibility index (Phi) is 4.05. The van der Waals surface area contributed by atoms with Gasteiger partial charge in [-0.15, -0.1) is 11.3 Å². The highest BCUT2D eigenvalue weighted by Crippen LogP contribution is 2.42. The monoisotopic (exact) mass is 374 g/mol. The molecule has 4 aromatic rings. The minimum absolute atomic E-state index is 0.610. The molecular weight excluding hydrogens is 356 g/mol. The van der Waals surface area contributed by atoms with Crippen LogP contribution in [0.25, 0.3) is 21.6 Å². The van der Waals surface area contributed by atoms with Gasteiger partial charge >= 0.3 is 0 Å². The Balaban J connectivity index is 1.71. The molecule has 1 aliphatic rings. The predicted octanol–water partition coefficient (Wildman–Crippen LogP) is 5.07. The lowest BCUT2D eigenvalue weighted by atomic mass is 9.89. The molecular formula is C21H18N4OS. The zero-order valence-electron chi connectivity index (χ0n) is 14.9. The molecule has 1 aliphatic carbocycles. The van der Waals surface area contributed by atoms with Gasteiger partial charge in [0.15, 0.2) is 5.82 Å². The van der Waals surface area contributed by atoms with Crippen molar-refractivity contribution in [1.82, 2.24) is 19.9 Å². The molecule has 1 atom stereocenters. The van der Waals surface area contributed by atoms with E-state index in [2.05, 4.69) is 16.9 Å². The number of pyridine rings is 2. The van der Waals surface area contributed by atoms with Crippen LogP contribution in [-0.2, 0) is 12.8 Å². The summed E-state index contributed by atoms with van der Waals surface area (Å²) in [5, 5.41) is 1.05. The third-order valence-corrected chi connectivity index (χ3v) is 6.04. The number of aromatic nitrogens is 4. The molecule has 4 aromatic heterocycles. The van der Waals surface area contributed by atoms with E-state index in [9.17, 15) is 0 Å². The Morgan fingerprint density at radius 2 is 1.93 bits per heavy atom. The van der Waals surface area contributed by atoms with Crippen LogP contribution in [0.4, 0.5) is 0 Å². The van der Waals surface area contributed by atoms with Crippen molar-refractivity contribution in [2.75, 3.05) is 0 Å². The van der Waals surface area contributed by atoms with Gasteiger partial charge in [0.1, 0.15) is 10.6 Å². The van der Waals surface area contributed by atoms with Crippen LogP contribution in [0.1, 0.15) is 23.8 Å². The smallest absolute Gasteiger partial charge is 0.232 e. The average Bonchev–Trinajstić information content (AvgIpc) is 3.07. The van der Waals surface area contributed by atoms with E-state index < -0.39 is 0 Å². The molecule has 0 N–H and O–H groups in total. The van der Waals surface area contributed by atoms with Crippen LogP contribution in [-0.4, -0.2) is 19.9 Å². The van der Waals surface area contributed by atoms with Crippen molar-refractivity contribution in [3.05, 3.63) is 59.5 Å². The SMILES string of the molecule is C[C@@H]1CCc2c(sc3nc(-c4cccnc4)nc(Oc4cccnc4)c23)C1. The van der Waals surface area contributed by atoms with Gasteiger partial charge in [-0.1, -0.05) is 6.92 Å². The molecule has 4 heterocycles. The van der Waals surface area contributed by atoms with E-state index in [4.69, 9.17) is 14.7 Å². The zero-order chi connectivity index (χ0) is 18.2. The molecule has 5 rings (SSSR count). The van der Waals surface area contributed by atoms with Crippen LogP contribution in [0.15, 0.2) is 49.1 Å². The van der Waals surface area contributed by atoms with Crippen molar-refractivity contribution >= 4 is 21.6 Å². The third kappa shape index (κ3) is 3.06. The molecule has 0 saturated heterocycles. The summed E-state index contributed by atoms with van der Waals surface area (Å²) in [6.07, 6.45) is 10.3. The number of rotatable bonds is 3. The van der Waals surface area contributed by atoms with E-state index in [1.165, 1.54) is 16.9 Å². The summed E-state index contributed by atoms with van der Waals surface area (Å²) < 4.78 is 6.18. The molecule has 5 nitrogen and oxygen atoms in total. The quantitative estimate of drug-likeness (QED) is 0.501. The lowest BCUT2D eigenvalue weighted by Crippen LogP contribution is -2.08. The van der Waals surface area contributed by atoms with E-state index in [1.54, 1.807) is 36.1 Å². The van der Waals surface area contributed by atoms with Crippen LogP contribution in [0.2, 0.25) is 0 Å². The molecule has 0 saturated carbocycles. The molecule has 0 fully saturated rings. The third-order valence-electron chi connectivity index (χ3n) is 4.89. The van der Waals surface area contributed by atoms with Gasteiger partial charge in [0.2, 0.25) is 5.88 Å². The Morgan fingerprint density at radius 3 is 2.70 bits per heavy atom. The van der Waals surface area contributed by atoms with Crippen molar-refractivity contribution in [3.63, 3.8) is 0 Å². The first-order valence-electron chi connectivity index (χ1n) is 9.08. The van der Waals surface area contributed by atoms with Gasteiger partial charge < -0.3 is 4.74 Å². The van der Waals surface area contributed by atoms with E-state index >= 15 is 0 Å². The lowest BCUT2D eigenvalue weighted by molar-refractivity contribution is 0.465. The summed E-state index contributed by atoms with van der Waals surface area (Å²) in [4.78, 5) is 20.4. The highest BCUT2D eigenvalue weighted by Gasteiger charge is 2.25. The van der Waals surface area contributed by atoms with Gasteiger partial charge in [-0.3, -0.25) is 9.97 Å². The largest absolute Gasteiger partial charge is 0.437 e. The summed E-state index contributed by atoms with van der Waals surface area (Å²) in [7, 11) is 0. The van der Waals surface area contributed by atoms with Gasteiger partial charge in [-0.2, -0.15) is 4.98 Å². The zero-order valence-corrected chi connectivity index (χ0v) is 15.7. The van der Waals surface area contributed by atoms with E-state index in [-0.39, 0.29) is 0 Å². The fourth-order valence-electron chi connectivity index (χ4n) is 3.53. The summed E-state index contributed by atoms with van der Waals surface area (Å²) in [6, 6.07) is 7.62. The molecule has 0 spiro atoms. The van der Waals surface area contributed by atoms with E-state index in [1.807, 2.05) is 24.3 Å². The van der Waals surface area contributed by atoms with Crippen LogP contribution >= 0.6 is 11.3 Å². The Bertz CT molecular complexity index is 1100. The average molecular weight is 374 g/mol. The second-order valence-electron chi connectivity index (χ2n) is 6.92. The minimum Gasteiger partial charge on any atom is -0.437 e. The Labute approximate surface area is 161 Å². The molecule has 0 amide bonds. The van der Waals surface area contributed by atoms with Crippen molar-refractivity contribution < 1.29 is 4.74 Å². The van der Waals surface area contributed by atoms with E-state index in [0.717, 1.165) is 28.6 Å². The Morgan fingerprint density at radius 1 is 1.07 bits per heavy atom. The minimum atomic E-state index is 0.610. The number of hydrogen-bond donors (Lipinski definition) is 0. The van der Waals surface area contributed by atoms with E-state index in [0.29, 0.717) is 23.4 Å². The van der Waals surface area contributed by atoms with Crippen molar-refractivity contribution in [3.8, 4) is 23.0 Å². The van der Waals surface area contributed by atoms with Gasteiger partial charge in [0.25, 0.3) is 0 Å². The number of aryl methyl sites for hydroxylation is 1. The van der Waals surface area contributed by atoms with Crippen molar-refractivity contribution in [1.29, 1.82) is 0 Å². The Hall–Kier alpha value is -2.86. The van der Waals surface area contributed by atoms with Crippen LogP contribution < -0.4 is 4.74 Å². The van der Waals surface area contributed by atoms with Crippen molar-refractivity contribution in [2.24, 2.45) is 5.92 Å². The number of hydrogen-bond acceptors (Lipinski definition) is 6. The molecule has 134 valence electrons. The standard InChI is InChI=1S/C21H18N4OS/c1-13-6-7-16-17(10-13)27-21-18(16)20(26-15-5-3-9-23-12-15)24-19(25-21)14-4-2-8-22-11-14/h2-5,8-9,11-13H,6-7,10H2,1H3/t13-/m1/s1. The second-order valence-corrected chi connectivity index (χ2v) is 8.00. The van der Waals surface area contributed by atoms with Gasteiger partial charge in [0, 0.05) is 29.0 Å². The molecule has 27 heavy (non-hydrogen) atoms. The topological polar surface area (TPSA) is 60.8 Å². The van der Waals surface area contributed by atoms with Gasteiger partial charge in [-0.25, -0.2) is 4.98 Å². The summed E-state index contributed by atoms with van der Waals surface area (Å²) in [5.41, 5.74) is 2.24. The van der Waals surface area contributed by atoms with Gasteiger partial charge in [0.05, 0.1) is 11.6 Å². The molecule has 6 heteroatoms. The summed E-state index contributed by atoms with van der Waals surface area (Å²) in [5.74, 6) is 2.64. The fraction of sp³-hybridized carbons (Fsp3) is 0.238. The highest BCUT2D eigenvalue weighted by molar-refractivity contribution is 7.18. The number of fused-ring (bicyclic) bond motifs is 3. The molecule has 0 unspecified atom stereocenters. The van der Waals surface area contributed by atoms with Crippen LogP contribution in [0.3, 0.4) is 0 Å². The highest BCUT2D eigenvalue weighted by atomic mass is 32.1. The second kappa shape index (κ2) is 6.70. The number of nitrogens with zero attached hydrogens (tertiary/aromatic N) is 4. The normalized spacial score (nSPS) is 16.3. The molecule has 0 bridgehead atoms. The molecule has 0 aliphatic heterocycles. The first-order valence-corrected chi connectivity index (χ1v) is 9.90. The summed E-state index contributed by atoms with van der Waals surface area (Å²) >= 11 is 1.77.